The topological polar surface area (TPSA) is 101 Å². The van der Waals surface area contributed by atoms with E-state index >= 15 is 0 Å². The van der Waals surface area contributed by atoms with Crippen molar-refractivity contribution in [3.05, 3.63) is 83.9 Å². The molecule has 8 nitrogen and oxygen atoms in total. The minimum atomic E-state index is -0.311. The Labute approximate surface area is 181 Å². The lowest BCUT2D eigenvalue weighted by molar-refractivity contribution is 0.102. The molecule has 0 saturated carbocycles. The molecule has 2 N–H and O–H groups in total. The van der Waals surface area contributed by atoms with Crippen LogP contribution in [0.3, 0.4) is 0 Å². The van der Waals surface area contributed by atoms with Crippen molar-refractivity contribution in [3.8, 4) is 27.5 Å². The van der Waals surface area contributed by atoms with Crippen molar-refractivity contribution < 1.29 is 4.79 Å². The summed E-state index contributed by atoms with van der Waals surface area (Å²) in [6.07, 6.45) is 7.07. The Morgan fingerprint density at radius 1 is 1.10 bits per heavy atom. The van der Waals surface area contributed by atoms with E-state index in [1.54, 1.807) is 28.7 Å². The van der Waals surface area contributed by atoms with E-state index in [9.17, 15) is 4.79 Å². The molecule has 0 fully saturated rings. The van der Waals surface area contributed by atoms with Crippen molar-refractivity contribution in [2.75, 3.05) is 5.32 Å². The van der Waals surface area contributed by atoms with Gasteiger partial charge in [-0.25, -0.2) is 9.67 Å². The van der Waals surface area contributed by atoms with Gasteiger partial charge in [-0.15, -0.1) is 11.3 Å². The van der Waals surface area contributed by atoms with Crippen LogP contribution in [0.25, 0.3) is 27.5 Å². The van der Waals surface area contributed by atoms with E-state index in [2.05, 4.69) is 30.6 Å². The van der Waals surface area contributed by atoms with Crippen molar-refractivity contribution in [3.63, 3.8) is 0 Å². The number of thiazole rings is 1. The molecule has 152 valence electrons. The van der Waals surface area contributed by atoms with Gasteiger partial charge >= 0.3 is 0 Å². The number of para-hydroxylation sites is 1. The number of aromatic amines is 1. The fraction of sp³-hybridized carbons (Fsp3) is 0.0455. The first-order valence-electron chi connectivity index (χ1n) is 9.52. The molecule has 0 unspecified atom stereocenters. The summed E-state index contributed by atoms with van der Waals surface area (Å²) in [5.41, 5.74) is 4.78. The SMILES string of the molecule is Cc1c(NC(=O)c2csc(-c3cnn(-c4ccccc4)c3)n2)n[nH]c1-c1ccncc1. The average molecular weight is 427 g/mol. The van der Waals surface area contributed by atoms with Crippen molar-refractivity contribution in [2.24, 2.45) is 0 Å². The van der Waals surface area contributed by atoms with Crippen LogP contribution in [0.5, 0.6) is 0 Å². The van der Waals surface area contributed by atoms with Crippen LogP contribution in [0.15, 0.2) is 72.6 Å². The molecule has 0 spiro atoms. The van der Waals surface area contributed by atoms with Gasteiger partial charge in [-0.2, -0.15) is 10.2 Å². The third-order valence-electron chi connectivity index (χ3n) is 4.80. The molecule has 9 heteroatoms. The van der Waals surface area contributed by atoms with E-state index in [1.807, 2.05) is 55.6 Å². The maximum Gasteiger partial charge on any atom is 0.276 e. The van der Waals surface area contributed by atoms with E-state index < -0.39 is 0 Å². The fourth-order valence-corrected chi connectivity index (χ4v) is 3.93. The fourth-order valence-electron chi connectivity index (χ4n) is 3.16. The van der Waals surface area contributed by atoms with Gasteiger partial charge in [0.1, 0.15) is 10.7 Å². The normalized spacial score (nSPS) is 10.9. The molecule has 4 heterocycles. The highest BCUT2D eigenvalue weighted by Crippen LogP contribution is 2.27. The minimum absolute atomic E-state index is 0.311. The Kier molecular flexibility index (Phi) is 4.85. The number of pyridine rings is 1. The molecular formula is C22H17N7OS. The molecule has 1 amide bonds. The molecule has 1 aromatic carbocycles. The number of amides is 1. The number of hydrogen-bond donors (Lipinski definition) is 2. The summed E-state index contributed by atoms with van der Waals surface area (Å²) >= 11 is 1.40. The first-order chi connectivity index (χ1) is 15.2. The third kappa shape index (κ3) is 3.74. The molecule has 4 aromatic heterocycles. The van der Waals surface area contributed by atoms with E-state index in [0.717, 1.165) is 33.1 Å². The number of nitrogens with one attached hydrogen (secondary N) is 2. The number of carbonyl (C=O) groups excluding carboxylic acids is 1. The average Bonchev–Trinajstić information content (AvgIpc) is 3.55. The van der Waals surface area contributed by atoms with Crippen molar-refractivity contribution in [1.82, 2.24) is 29.9 Å². The zero-order valence-electron chi connectivity index (χ0n) is 16.5. The van der Waals surface area contributed by atoms with Crippen LogP contribution < -0.4 is 5.32 Å². The first kappa shape index (κ1) is 18.9. The molecule has 0 aliphatic heterocycles. The summed E-state index contributed by atoms with van der Waals surface area (Å²) in [5.74, 6) is 0.164. The predicted molar refractivity (Wildman–Crippen MR) is 119 cm³/mol. The lowest BCUT2D eigenvalue weighted by atomic mass is 10.1. The van der Waals surface area contributed by atoms with Crippen LogP contribution in [0.1, 0.15) is 16.1 Å². The Balaban J connectivity index is 1.33. The minimum Gasteiger partial charge on any atom is -0.303 e. The summed E-state index contributed by atoms with van der Waals surface area (Å²) in [5, 5.41) is 16.9. The van der Waals surface area contributed by atoms with Crippen molar-refractivity contribution >= 4 is 23.1 Å². The summed E-state index contributed by atoms with van der Waals surface area (Å²) in [6, 6.07) is 13.6. The van der Waals surface area contributed by atoms with Crippen LogP contribution >= 0.6 is 11.3 Å². The van der Waals surface area contributed by atoms with E-state index in [0.29, 0.717) is 11.5 Å². The Bertz CT molecular complexity index is 1340. The second-order valence-corrected chi connectivity index (χ2v) is 7.67. The molecule has 5 rings (SSSR count). The van der Waals surface area contributed by atoms with E-state index in [4.69, 9.17) is 0 Å². The highest BCUT2D eigenvalue weighted by molar-refractivity contribution is 7.13. The van der Waals surface area contributed by atoms with E-state index in [-0.39, 0.29) is 5.91 Å². The predicted octanol–water partition coefficient (Wildman–Crippen LogP) is 4.34. The molecule has 0 radical (unpaired) electrons. The van der Waals surface area contributed by atoms with Gasteiger partial charge in [0.05, 0.1) is 17.6 Å². The monoisotopic (exact) mass is 427 g/mol. The summed E-state index contributed by atoms with van der Waals surface area (Å²) in [4.78, 5) is 21.2. The number of aromatic nitrogens is 6. The largest absolute Gasteiger partial charge is 0.303 e. The first-order valence-corrected chi connectivity index (χ1v) is 10.4. The van der Waals surface area contributed by atoms with Crippen molar-refractivity contribution in [2.45, 2.75) is 6.92 Å². The lowest BCUT2D eigenvalue weighted by Gasteiger charge is -2.02. The zero-order valence-corrected chi connectivity index (χ0v) is 17.3. The number of carbonyl (C=O) groups is 1. The number of hydrogen-bond acceptors (Lipinski definition) is 6. The third-order valence-corrected chi connectivity index (χ3v) is 5.69. The van der Waals surface area contributed by atoms with Gasteiger partial charge in [0, 0.05) is 40.7 Å². The summed E-state index contributed by atoms with van der Waals surface area (Å²) in [6.45, 7) is 1.90. The molecule has 5 aromatic rings. The second-order valence-electron chi connectivity index (χ2n) is 6.81. The lowest BCUT2D eigenvalue weighted by Crippen LogP contribution is -2.13. The van der Waals surface area contributed by atoms with Gasteiger partial charge in [0.2, 0.25) is 0 Å². The Hall–Kier alpha value is -4.11. The molecule has 0 bridgehead atoms. The number of benzene rings is 1. The quantitative estimate of drug-likeness (QED) is 0.434. The van der Waals surface area contributed by atoms with Gasteiger partial charge < -0.3 is 5.32 Å². The number of rotatable bonds is 5. The molecule has 0 aliphatic carbocycles. The van der Waals surface area contributed by atoms with Crippen LogP contribution in [0.4, 0.5) is 5.82 Å². The van der Waals surface area contributed by atoms with Crippen LogP contribution in [-0.2, 0) is 0 Å². The molecule has 0 saturated heterocycles. The number of H-pyrrole nitrogens is 1. The Morgan fingerprint density at radius 3 is 2.71 bits per heavy atom. The van der Waals surface area contributed by atoms with Crippen molar-refractivity contribution in [1.29, 1.82) is 0 Å². The summed E-state index contributed by atoms with van der Waals surface area (Å²) < 4.78 is 1.78. The highest BCUT2D eigenvalue weighted by Gasteiger charge is 2.17. The molecule has 0 aliphatic rings. The van der Waals surface area contributed by atoms with Gasteiger partial charge in [-0.3, -0.25) is 14.9 Å². The van der Waals surface area contributed by atoms with Crippen LogP contribution in [-0.4, -0.2) is 35.9 Å². The second kappa shape index (κ2) is 7.96. The maximum absolute atomic E-state index is 12.7. The van der Waals surface area contributed by atoms with Crippen LogP contribution in [0.2, 0.25) is 0 Å². The molecular weight excluding hydrogens is 410 g/mol. The Morgan fingerprint density at radius 2 is 1.90 bits per heavy atom. The van der Waals surface area contributed by atoms with Crippen LogP contribution in [0, 0.1) is 6.92 Å². The highest BCUT2D eigenvalue weighted by atomic mass is 32.1. The van der Waals surface area contributed by atoms with Gasteiger partial charge in [-0.1, -0.05) is 18.2 Å². The molecule has 31 heavy (non-hydrogen) atoms. The number of anilines is 1. The van der Waals surface area contributed by atoms with Gasteiger partial charge in [-0.05, 0) is 31.2 Å². The van der Waals surface area contributed by atoms with Gasteiger partial charge in [0.15, 0.2) is 5.82 Å². The molecule has 0 atom stereocenters. The summed E-state index contributed by atoms with van der Waals surface area (Å²) in [7, 11) is 0. The number of nitrogens with zero attached hydrogens (tertiary/aromatic N) is 5. The van der Waals surface area contributed by atoms with E-state index in [1.165, 1.54) is 11.3 Å². The maximum atomic E-state index is 12.7. The zero-order chi connectivity index (χ0) is 21.2. The standard InChI is InChI=1S/C22H17N7OS/c1-14-19(15-7-9-23-10-8-15)27-28-20(14)26-21(30)18-13-31-22(25-18)16-11-24-29(12-16)17-5-3-2-4-6-17/h2-13H,1H3,(H2,26,27,28,30). The van der Waals surface area contributed by atoms with Gasteiger partial charge in [0.25, 0.3) is 5.91 Å². The smallest absolute Gasteiger partial charge is 0.276 e.